The summed E-state index contributed by atoms with van der Waals surface area (Å²) >= 11 is 3.43. The fraction of sp³-hybridized carbons (Fsp3) is 0.467. The van der Waals surface area contributed by atoms with Gasteiger partial charge in [0.2, 0.25) is 5.91 Å². The van der Waals surface area contributed by atoms with Crippen LogP contribution in [0, 0.1) is 0 Å². The third-order valence-corrected chi connectivity index (χ3v) is 4.27. The molecule has 4 nitrogen and oxygen atoms in total. The van der Waals surface area contributed by atoms with Crippen LogP contribution in [-0.4, -0.2) is 35.0 Å². The zero-order valence-electron chi connectivity index (χ0n) is 11.2. The first-order valence-corrected chi connectivity index (χ1v) is 7.60. The smallest absolute Gasteiger partial charge is 0.303 e. The second-order valence-electron chi connectivity index (χ2n) is 5.10. The topological polar surface area (TPSA) is 57.6 Å². The summed E-state index contributed by atoms with van der Waals surface area (Å²) in [5.41, 5.74) is 1.31. The van der Waals surface area contributed by atoms with Crippen LogP contribution in [0.4, 0.5) is 0 Å². The van der Waals surface area contributed by atoms with Gasteiger partial charge in [-0.1, -0.05) is 28.1 Å². The summed E-state index contributed by atoms with van der Waals surface area (Å²) < 4.78 is 1.07. The van der Waals surface area contributed by atoms with Crippen molar-refractivity contribution in [3.05, 3.63) is 34.3 Å². The Labute approximate surface area is 126 Å². The van der Waals surface area contributed by atoms with E-state index < -0.39 is 5.97 Å². The van der Waals surface area contributed by atoms with Gasteiger partial charge in [-0.2, -0.15) is 0 Å². The number of amides is 1. The van der Waals surface area contributed by atoms with Crippen molar-refractivity contribution in [2.75, 3.05) is 13.1 Å². The van der Waals surface area contributed by atoms with E-state index in [2.05, 4.69) is 28.1 Å². The van der Waals surface area contributed by atoms with Crippen molar-refractivity contribution in [2.24, 2.45) is 0 Å². The van der Waals surface area contributed by atoms with E-state index in [-0.39, 0.29) is 18.7 Å². The number of carbonyl (C=O) groups is 2. The summed E-state index contributed by atoms with van der Waals surface area (Å²) in [6.07, 6.45) is 1.92. The van der Waals surface area contributed by atoms with Crippen LogP contribution in [0.5, 0.6) is 0 Å². The highest BCUT2D eigenvalue weighted by Gasteiger charge is 2.23. The van der Waals surface area contributed by atoms with Crippen LogP contribution in [-0.2, 0) is 9.59 Å². The van der Waals surface area contributed by atoms with Crippen LogP contribution in [0.2, 0.25) is 0 Å². The maximum Gasteiger partial charge on any atom is 0.303 e. The van der Waals surface area contributed by atoms with E-state index in [1.165, 1.54) is 5.56 Å². The predicted octanol–water partition coefficient (Wildman–Crippen LogP) is 3.02. The fourth-order valence-electron chi connectivity index (χ4n) is 2.57. The van der Waals surface area contributed by atoms with Crippen molar-refractivity contribution < 1.29 is 14.7 Å². The Balaban J connectivity index is 1.84. The summed E-state index contributed by atoms with van der Waals surface area (Å²) in [6, 6.07) is 8.33. The lowest BCUT2D eigenvalue weighted by Gasteiger charge is -2.32. The number of hydrogen-bond acceptors (Lipinski definition) is 2. The first-order valence-electron chi connectivity index (χ1n) is 6.81. The molecule has 0 spiro atoms. The zero-order valence-corrected chi connectivity index (χ0v) is 12.8. The Kier molecular flexibility index (Phi) is 5.17. The van der Waals surface area contributed by atoms with Gasteiger partial charge >= 0.3 is 5.97 Å². The number of nitrogens with zero attached hydrogens (tertiary/aromatic N) is 1. The number of benzene rings is 1. The zero-order chi connectivity index (χ0) is 14.5. The van der Waals surface area contributed by atoms with Gasteiger partial charge < -0.3 is 10.0 Å². The predicted molar refractivity (Wildman–Crippen MR) is 79.6 cm³/mol. The molecule has 1 aromatic carbocycles. The Morgan fingerprint density at radius 2 is 1.75 bits per heavy atom. The second-order valence-corrected chi connectivity index (χ2v) is 6.02. The van der Waals surface area contributed by atoms with Crippen molar-refractivity contribution in [1.29, 1.82) is 0 Å². The molecular weight excluding hydrogens is 322 g/mol. The molecule has 1 amide bonds. The molecule has 1 fully saturated rings. The third kappa shape index (κ3) is 4.07. The Bertz CT molecular complexity index is 478. The van der Waals surface area contributed by atoms with Crippen LogP contribution in [0.15, 0.2) is 28.7 Å². The van der Waals surface area contributed by atoms with E-state index in [1.54, 1.807) is 4.90 Å². The minimum atomic E-state index is -0.914. The van der Waals surface area contributed by atoms with Gasteiger partial charge in [0.15, 0.2) is 0 Å². The van der Waals surface area contributed by atoms with Crippen molar-refractivity contribution in [3.8, 4) is 0 Å². The fourth-order valence-corrected chi connectivity index (χ4v) is 2.83. The first kappa shape index (κ1) is 15.0. The summed E-state index contributed by atoms with van der Waals surface area (Å²) in [4.78, 5) is 24.1. The van der Waals surface area contributed by atoms with Gasteiger partial charge in [0.05, 0.1) is 6.42 Å². The molecule has 2 rings (SSSR count). The highest BCUT2D eigenvalue weighted by atomic mass is 79.9. The van der Waals surface area contributed by atoms with Crippen LogP contribution < -0.4 is 0 Å². The Morgan fingerprint density at radius 1 is 1.15 bits per heavy atom. The average molecular weight is 340 g/mol. The molecule has 1 heterocycles. The quantitative estimate of drug-likeness (QED) is 0.917. The monoisotopic (exact) mass is 339 g/mol. The van der Waals surface area contributed by atoms with Gasteiger partial charge in [0.25, 0.3) is 0 Å². The molecule has 0 atom stereocenters. The summed E-state index contributed by atoms with van der Waals surface area (Å²) in [6.45, 7) is 1.44. The van der Waals surface area contributed by atoms with Crippen LogP contribution >= 0.6 is 15.9 Å². The van der Waals surface area contributed by atoms with Crippen molar-refractivity contribution in [1.82, 2.24) is 4.90 Å². The highest BCUT2D eigenvalue weighted by Crippen LogP contribution is 2.29. The molecule has 1 aliphatic heterocycles. The van der Waals surface area contributed by atoms with Gasteiger partial charge in [0, 0.05) is 24.0 Å². The minimum absolute atomic E-state index is 0.0401. The molecule has 0 saturated carbocycles. The number of rotatable bonds is 4. The lowest BCUT2D eigenvalue weighted by Crippen LogP contribution is -2.38. The van der Waals surface area contributed by atoms with Gasteiger partial charge in [-0.25, -0.2) is 0 Å². The largest absolute Gasteiger partial charge is 0.481 e. The van der Waals surface area contributed by atoms with E-state index in [4.69, 9.17) is 5.11 Å². The van der Waals surface area contributed by atoms with Crippen molar-refractivity contribution >= 4 is 27.8 Å². The maximum atomic E-state index is 11.8. The number of hydrogen-bond donors (Lipinski definition) is 1. The molecule has 0 aromatic heterocycles. The van der Waals surface area contributed by atoms with E-state index in [1.807, 2.05) is 12.1 Å². The molecule has 0 aliphatic carbocycles. The number of likely N-dealkylation sites (tertiary alicyclic amines) is 1. The van der Waals surface area contributed by atoms with Gasteiger partial charge in [-0.05, 0) is 36.5 Å². The van der Waals surface area contributed by atoms with E-state index in [0.29, 0.717) is 5.92 Å². The highest BCUT2D eigenvalue weighted by molar-refractivity contribution is 9.10. The molecule has 108 valence electrons. The molecule has 20 heavy (non-hydrogen) atoms. The summed E-state index contributed by atoms with van der Waals surface area (Å²) in [7, 11) is 0. The standard InChI is InChI=1S/C15H18BrNO3/c16-13-3-1-11(2-4-13)12-7-9-17(10-8-12)14(18)5-6-15(19)20/h1-4,12H,5-10H2,(H,19,20). The minimum Gasteiger partial charge on any atom is -0.481 e. The molecule has 1 aromatic rings. The van der Waals surface area contributed by atoms with E-state index in [9.17, 15) is 9.59 Å². The molecule has 0 bridgehead atoms. The Morgan fingerprint density at radius 3 is 2.30 bits per heavy atom. The average Bonchev–Trinajstić information content (AvgIpc) is 2.46. The van der Waals surface area contributed by atoms with Gasteiger partial charge in [0.1, 0.15) is 0 Å². The van der Waals surface area contributed by atoms with Crippen LogP contribution in [0.1, 0.15) is 37.2 Å². The van der Waals surface area contributed by atoms with Crippen LogP contribution in [0.25, 0.3) is 0 Å². The molecular formula is C15H18BrNO3. The number of carboxylic acid groups (broad SMARTS) is 1. The normalized spacial score (nSPS) is 16.1. The molecule has 5 heteroatoms. The number of halogens is 1. The number of carbonyl (C=O) groups excluding carboxylic acids is 1. The Hall–Kier alpha value is -1.36. The molecule has 0 radical (unpaired) electrons. The molecule has 1 saturated heterocycles. The lowest BCUT2D eigenvalue weighted by molar-refractivity contribution is -0.141. The van der Waals surface area contributed by atoms with Crippen molar-refractivity contribution in [2.45, 2.75) is 31.6 Å². The van der Waals surface area contributed by atoms with Crippen LogP contribution in [0.3, 0.4) is 0 Å². The number of aliphatic carboxylic acids is 1. The lowest BCUT2D eigenvalue weighted by atomic mass is 9.89. The summed E-state index contributed by atoms with van der Waals surface area (Å²) in [5.74, 6) is -0.462. The SMILES string of the molecule is O=C(O)CCC(=O)N1CCC(c2ccc(Br)cc2)CC1. The van der Waals surface area contributed by atoms with Crippen molar-refractivity contribution in [3.63, 3.8) is 0 Å². The van der Waals surface area contributed by atoms with Gasteiger partial charge in [-0.3, -0.25) is 9.59 Å². The number of piperidine rings is 1. The first-order chi connectivity index (χ1) is 9.56. The summed E-state index contributed by atoms with van der Waals surface area (Å²) in [5, 5.41) is 8.60. The third-order valence-electron chi connectivity index (χ3n) is 3.74. The maximum absolute atomic E-state index is 11.8. The molecule has 0 unspecified atom stereocenters. The second kappa shape index (κ2) is 6.88. The van der Waals surface area contributed by atoms with E-state index >= 15 is 0 Å². The molecule has 1 N–H and O–H groups in total. The van der Waals surface area contributed by atoms with E-state index in [0.717, 1.165) is 30.4 Å². The van der Waals surface area contributed by atoms with Gasteiger partial charge in [-0.15, -0.1) is 0 Å². The molecule has 1 aliphatic rings. The number of carboxylic acids is 1.